The summed E-state index contributed by atoms with van der Waals surface area (Å²) in [6.45, 7) is 5.42. The SMILES string of the molecule is Cc1ccc([C@H](CNC(=O)c2cc(-c3ccc4c(c3)OCCO4)on2)N2CCCCC2)o1. The Hall–Kier alpha value is -3.26. The number of likely N-dealkylation sites (tertiary alicyclic amines) is 1. The number of nitrogens with one attached hydrogen (secondary N) is 1. The van der Waals surface area contributed by atoms with Gasteiger partial charge in [0, 0.05) is 18.2 Å². The van der Waals surface area contributed by atoms with Crippen LogP contribution in [0.25, 0.3) is 11.3 Å². The Morgan fingerprint density at radius 1 is 1.06 bits per heavy atom. The van der Waals surface area contributed by atoms with Crippen LogP contribution in [0.3, 0.4) is 0 Å². The minimum Gasteiger partial charge on any atom is -0.486 e. The van der Waals surface area contributed by atoms with Crippen LogP contribution in [0.15, 0.2) is 45.3 Å². The molecule has 2 aromatic heterocycles. The summed E-state index contributed by atoms with van der Waals surface area (Å²) >= 11 is 0. The van der Waals surface area contributed by atoms with E-state index in [-0.39, 0.29) is 17.6 Å². The van der Waals surface area contributed by atoms with Gasteiger partial charge in [-0.15, -0.1) is 0 Å². The van der Waals surface area contributed by atoms with Gasteiger partial charge < -0.3 is 23.7 Å². The number of carbonyl (C=O) groups excluding carboxylic acids is 1. The van der Waals surface area contributed by atoms with Crippen molar-refractivity contribution in [1.82, 2.24) is 15.4 Å². The number of benzene rings is 1. The number of hydrogen-bond acceptors (Lipinski definition) is 7. The zero-order chi connectivity index (χ0) is 21.9. The van der Waals surface area contributed by atoms with Crippen LogP contribution in [0.1, 0.15) is 47.3 Å². The fraction of sp³-hybridized carbons (Fsp3) is 0.417. The van der Waals surface area contributed by atoms with E-state index in [1.165, 1.54) is 6.42 Å². The number of rotatable bonds is 6. The fourth-order valence-electron chi connectivity index (χ4n) is 4.27. The molecular formula is C24H27N3O5. The van der Waals surface area contributed by atoms with Crippen molar-refractivity contribution in [1.29, 1.82) is 0 Å². The Bertz CT molecular complexity index is 1080. The van der Waals surface area contributed by atoms with E-state index < -0.39 is 0 Å². The highest BCUT2D eigenvalue weighted by Gasteiger charge is 2.26. The molecule has 3 aromatic rings. The zero-order valence-electron chi connectivity index (χ0n) is 18.1. The maximum Gasteiger partial charge on any atom is 0.273 e. The maximum absolute atomic E-state index is 12.8. The minimum atomic E-state index is -0.275. The molecule has 8 nitrogen and oxygen atoms in total. The normalized spacial score (nSPS) is 17.2. The van der Waals surface area contributed by atoms with Gasteiger partial charge in [-0.3, -0.25) is 9.69 Å². The van der Waals surface area contributed by atoms with Gasteiger partial charge >= 0.3 is 0 Å². The van der Waals surface area contributed by atoms with Crippen LogP contribution in [-0.4, -0.2) is 48.8 Å². The third-order valence-electron chi connectivity index (χ3n) is 5.95. The van der Waals surface area contributed by atoms with Crippen molar-refractivity contribution in [2.75, 3.05) is 32.8 Å². The number of amides is 1. The molecule has 0 unspecified atom stereocenters. The Kier molecular flexibility index (Phi) is 5.85. The standard InChI is InChI=1S/C24H27N3O5/c1-16-5-7-20(31-16)19(27-9-3-2-4-10-27)15-25-24(28)18-14-22(32-26-18)17-6-8-21-23(13-17)30-12-11-29-21/h5-8,13-14,19H,2-4,9-12,15H2,1H3,(H,25,28)/t19-/m0/s1. The van der Waals surface area contributed by atoms with Crippen LogP contribution in [0.4, 0.5) is 0 Å². The van der Waals surface area contributed by atoms with Crippen molar-refractivity contribution in [3.05, 3.63) is 53.6 Å². The summed E-state index contributed by atoms with van der Waals surface area (Å²) in [5, 5.41) is 6.99. The Balaban J connectivity index is 1.28. The lowest BCUT2D eigenvalue weighted by atomic mass is 10.1. The molecule has 1 aromatic carbocycles. The van der Waals surface area contributed by atoms with Crippen LogP contribution >= 0.6 is 0 Å². The van der Waals surface area contributed by atoms with Gasteiger partial charge in [-0.05, 0) is 63.2 Å². The summed E-state index contributed by atoms with van der Waals surface area (Å²) < 4.78 is 22.5. The second kappa shape index (κ2) is 9.08. The van der Waals surface area contributed by atoms with Crippen molar-refractivity contribution >= 4 is 5.91 Å². The van der Waals surface area contributed by atoms with Crippen LogP contribution < -0.4 is 14.8 Å². The molecule has 168 valence electrons. The monoisotopic (exact) mass is 437 g/mol. The lowest BCUT2D eigenvalue weighted by molar-refractivity contribution is 0.0905. The molecule has 1 atom stereocenters. The number of carbonyl (C=O) groups is 1. The van der Waals surface area contributed by atoms with Gasteiger partial charge in [0.05, 0.1) is 6.04 Å². The topological polar surface area (TPSA) is 90.0 Å². The van der Waals surface area contributed by atoms with Gasteiger partial charge in [-0.1, -0.05) is 11.6 Å². The largest absolute Gasteiger partial charge is 0.486 e. The van der Waals surface area contributed by atoms with Gasteiger partial charge in [0.15, 0.2) is 23.0 Å². The molecule has 0 radical (unpaired) electrons. The average Bonchev–Trinajstić information content (AvgIpc) is 3.49. The average molecular weight is 437 g/mol. The van der Waals surface area contributed by atoms with Crippen LogP contribution in [-0.2, 0) is 0 Å². The van der Waals surface area contributed by atoms with Crippen molar-refractivity contribution < 1.29 is 23.2 Å². The van der Waals surface area contributed by atoms with Crippen LogP contribution in [0.5, 0.6) is 11.5 Å². The number of ether oxygens (including phenoxy) is 2. The molecule has 1 N–H and O–H groups in total. The summed E-state index contributed by atoms with van der Waals surface area (Å²) in [4.78, 5) is 15.2. The number of fused-ring (bicyclic) bond motifs is 1. The van der Waals surface area contributed by atoms with Crippen molar-refractivity contribution in [2.24, 2.45) is 0 Å². The molecule has 1 fully saturated rings. The molecule has 0 saturated carbocycles. The Morgan fingerprint density at radius 3 is 2.66 bits per heavy atom. The molecule has 32 heavy (non-hydrogen) atoms. The highest BCUT2D eigenvalue weighted by atomic mass is 16.6. The summed E-state index contributed by atoms with van der Waals surface area (Å²) in [6, 6.07) is 11.1. The molecular weight excluding hydrogens is 410 g/mol. The number of aromatic nitrogens is 1. The molecule has 5 rings (SSSR count). The Labute approximate surface area is 186 Å². The number of aryl methyl sites for hydroxylation is 1. The highest BCUT2D eigenvalue weighted by molar-refractivity contribution is 5.93. The summed E-state index contributed by atoms with van der Waals surface area (Å²) in [6.07, 6.45) is 3.56. The van der Waals surface area contributed by atoms with E-state index in [2.05, 4.69) is 15.4 Å². The van der Waals surface area contributed by atoms with Gasteiger partial charge in [0.25, 0.3) is 5.91 Å². The third-order valence-corrected chi connectivity index (χ3v) is 5.95. The van der Waals surface area contributed by atoms with E-state index in [4.69, 9.17) is 18.4 Å². The second-order valence-corrected chi connectivity index (χ2v) is 8.21. The van der Waals surface area contributed by atoms with Gasteiger partial charge in [0.2, 0.25) is 0 Å². The first-order valence-electron chi connectivity index (χ1n) is 11.1. The lowest BCUT2D eigenvalue weighted by Crippen LogP contribution is -2.40. The number of hydrogen-bond donors (Lipinski definition) is 1. The quantitative estimate of drug-likeness (QED) is 0.624. The smallest absolute Gasteiger partial charge is 0.273 e. The van der Waals surface area contributed by atoms with Crippen molar-refractivity contribution in [3.8, 4) is 22.8 Å². The third kappa shape index (κ3) is 4.36. The number of furan rings is 1. The van der Waals surface area contributed by atoms with E-state index in [1.54, 1.807) is 6.07 Å². The lowest BCUT2D eigenvalue weighted by Gasteiger charge is -2.33. The van der Waals surface area contributed by atoms with E-state index in [1.807, 2.05) is 37.3 Å². The van der Waals surface area contributed by atoms with E-state index >= 15 is 0 Å². The first-order chi connectivity index (χ1) is 15.7. The fourth-order valence-corrected chi connectivity index (χ4v) is 4.27. The van der Waals surface area contributed by atoms with Gasteiger partial charge in [-0.25, -0.2) is 0 Å². The maximum atomic E-state index is 12.8. The molecule has 4 heterocycles. The first-order valence-corrected chi connectivity index (χ1v) is 11.1. The predicted octanol–water partition coefficient (Wildman–Crippen LogP) is 3.97. The number of piperidine rings is 1. The van der Waals surface area contributed by atoms with E-state index in [0.717, 1.165) is 43.0 Å². The molecule has 2 aliphatic heterocycles. The molecule has 1 saturated heterocycles. The molecule has 2 aliphatic rings. The molecule has 8 heteroatoms. The second-order valence-electron chi connectivity index (χ2n) is 8.21. The molecule has 1 amide bonds. The first kappa shape index (κ1) is 20.6. The summed E-state index contributed by atoms with van der Waals surface area (Å²) in [5.41, 5.74) is 1.01. The van der Waals surface area contributed by atoms with Crippen LogP contribution in [0.2, 0.25) is 0 Å². The summed E-state index contributed by atoms with van der Waals surface area (Å²) in [7, 11) is 0. The predicted molar refractivity (Wildman–Crippen MR) is 117 cm³/mol. The van der Waals surface area contributed by atoms with Gasteiger partial charge in [-0.2, -0.15) is 0 Å². The molecule has 0 aliphatic carbocycles. The van der Waals surface area contributed by atoms with Crippen molar-refractivity contribution in [2.45, 2.75) is 32.2 Å². The molecule has 0 bridgehead atoms. The van der Waals surface area contributed by atoms with Gasteiger partial charge in [0.1, 0.15) is 24.7 Å². The van der Waals surface area contributed by atoms with Crippen molar-refractivity contribution in [3.63, 3.8) is 0 Å². The Morgan fingerprint density at radius 2 is 1.88 bits per heavy atom. The highest BCUT2D eigenvalue weighted by Crippen LogP contribution is 2.34. The zero-order valence-corrected chi connectivity index (χ0v) is 18.1. The minimum absolute atomic E-state index is 0.00267. The number of nitrogens with zero attached hydrogens (tertiary/aromatic N) is 2. The van der Waals surface area contributed by atoms with Crippen LogP contribution in [0, 0.1) is 6.92 Å². The van der Waals surface area contributed by atoms with E-state index in [0.29, 0.717) is 37.0 Å². The molecule has 0 spiro atoms. The summed E-state index contributed by atoms with van der Waals surface area (Å²) in [5.74, 6) is 3.34. The van der Waals surface area contributed by atoms with E-state index in [9.17, 15) is 4.79 Å².